The Balaban J connectivity index is 1.57. The molecule has 0 fully saturated rings. The summed E-state index contributed by atoms with van der Waals surface area (Å²) in [6, 6.07) is 23.1. The summed E-state index contributed by atoms with van der Waals surface area (Å²) in [6.07, 6.45) is 6.34. The van der Waals surface area contributed by atoms with Crippen LogP contribution in [-0.2, 0) is 23.2 Å². The number of aryl methyl sites for hydroxylation is 2. The molecule has 33 heavy (non-hydrogen) atoms. The van der Waals surface area contributed by atoms with Gasteiger partial charge >= 0.3 is 0 Å². The number of nitrogens with one attached hydrogen (secondary N) is 1. The van der Waals surface area contributed by atoms with E-state index in [-0.39, 0.29) is 11.4 Å². The van der Waals surface area contributed by atoms with E-state index in [1.54, 1.807) is 0 Å². The largest absolute Gasteiger partial charge is 0.322 e. The Bertz CT molecular complexity index is 1170. The van der Waals surface area contributed by atoms with E-state index < -0.39 is 0 Å². The van der Waals surface area contributed by atoms with E-state index in [0.717, 1.165) is 48.9 Å². The van der Waals surface area contributed by atoms with Gasteiger partial charge in [0, 0.05) is 16.8 Å². The molecule has 1 aliphatic carbocycles. The predicted molar refractivity (Wildman–Crippen MR) is 139 cm³/mol. The number of hydrogen-bond acceptors (Lipinski definition) is 2. The molecule has 3 nitrogen and oxygen atoms in total. The van der Waals surface area contributed by atoms with Gasteiger partial charge in [0.2, 0.25) is 0 Å². The molecule has 0 radical (unpaired) electrons. The van der Waals surface area contributed by atoms with E-state index in [0.29, 0.717) is 0 Å². The number of nitrogens with two attached hydrogens (primary N) is 1. The third kappa shape index (κ3) is 4.79. The first-order valence-electron chi connectivity index (χ1n) is 12.1. The molecule has 0 spiro atoms. The van der Waals surface area contributed by atoms with Crippen molar-refractivity contribution in [3.05, 3.63) is 94.6 Å². The number of carbonyl (C=O) groups is 1. The second-order valence-electron chi connectivity index (χ2n) is 8.99. The van der Waals surface area contributed by atoms with Crippen LogP contribution in [0.4, 0.5) is 5.69 Å². The SMILES string of the molecule is CCc1cc(NC(=O)C2=Cc3cc(-c4ccccc4)ccc3CC2)ccc1C(N)(CC)CC. The van der Waals surface area contributed by atoms with Crippen LogP contribution in [0.5, 0.6) is 0 Å². The highest BCUT2D eigenvalue weighted by molar-refractivity contribution is 6.07. The second kappa shape index (κ2) is 9.76. The normalized spacial score (nSPS) is 13.3. The molecule has 0 aliphatic heterocycles. The number of amides is 1. The van der Waals surface area contributed by atoms with E-state index >= 15 is 0 Å². The molecule has 0 bridgehead atoms. The fraction of sp³-hybridized carbons (Fsp3) is 0.300. The summed E-state index contributed by atoms with van der Waals surface area (Å²) in [6.45, 7) is 6.41. The molecular formula is C30H34N2O. The number of benzene rings is 3. The molecular weight excluding hydrogens is 404 g/mol. The van der Waals surface area contributed by atoms with Crippen molar-refractivity contribution < 1.29 is 4.79 Å². The smallest absolute Gasteiger partial charge is 0.251 e. The van der Waals surface area contributed by atoms with Gasteiger partial charge in [0.05, 0.1) is 0 Å². The minimum absolute atomic E-state index is 0.0226. The van der Waals surface area contributed by atoms with Gasteiger partial charge in [-0.3, -0.25) is 4.79 Å². The van der Waals surface area contributed by atoms with Crippen LogP contribution < -0.4 is 11.1 Å². The van der Waals surface area contributed by atoms with E-state index in [1.165, 1.54) is 27.8 Å². The van der Waals surface area contributed by atoms with Gasteiger partial charge in [-0.05, 0) is 89.8 Å². The Hall–Kier alpha value is -3.17. The quantitative estimate of drug-likeness (QED) is 0.423. The van der Waals surface area contributed by atoms with Crippen molar-refractivity contribution in [2.24, 2.45) is 5.73 Å². The topological polar surface area (TPSA) is 55.1 Å². The summed E-state index contributed by atoms with van der Waals surface area (Å²) < 4.78 is 0. The van der Waals surface area contributed by atoms with Gasteiger partial charge in [-0.15, -0.1) is 0 Å². The van der Waals surface area contributed by atoms with Gasteiger partial charge in [-0.2, -0.15) is 0 Å². The zero-order valence-corrected chi connectivity index (χ0v) is 19.9. The lowest BCUT2D eigenvalue weighted by atomic mass is 9.82. The molecule has 0 saturated carbocycles. The highest BCUT2D eigenvalue weighted by Gasteiger charge is 2.25. The fourth-order valence-electron chi connectivity index (χ4n) is 4.77. The number of anilines is 1. The molecule has 3 aromatic rings. The van der Waals surface area contributed by atoms with Crippen LogP contribution in [0, 0.1) is 0 Å². The van der Waals surface area contributed by atoms with Crippen LogP contribution in [0.2, 0.25) is 0 Å². The summed E-state index contributed by atoms with van der Waals surface area (Å²) in [7, 11) is 0. The van der Waals surface area contributed by atoms with Crippen molar-refractivity contribution in [3.8, 4) is 11.1 Å². The average Bonchev–Trinajstić information content (AvgIpc) is 2.88. The Morgan fingerprint density at radius 2 is 1.67 bits per heavy atom. The van der Waals surface area contributed by atoms with Crippen molar-refractivity contribution >= 4 is 17.7 Å². The molecule has 0 heterocycles. The van der Waals surface area contributed by atoms with Crippen molar-refractivity contribution in [1.29, 1.82) is 0 Å². The van der Waals surface area contributed by atoms with E-state index in [4.69, 9.17) is 5.73 Å². The summed E-state index contributed by atoms with van der Waals surface area (Å²) in [5.74, 6) is -0.0226. The predicted octanol–water partition coefficient (Wildman–Crippen LogP) is 6.86. The number of fused-ring (bicyclic) bond motifs is 1. The van der Waals surface area contributed by atoms with Gasteiger partial charge in [-0.1, -0.05) is 69.3 Å². The molecule has 0 atom stereocenters. The highest BCUT2D eigenvalue weighted by Crippen LogP contribution is 2.32. The van der Waals surface area contributed by atoms with Gasteiger partial charge in [0.25, 0.3) is 5.91 Å². The van der Waals surface area contributed by atoms with Gasteiger partial charge in [0.15, 0.2) is 0 Å². The number of carbonyl (C=O) groups excluding carboxylic acids is 1. The minimum atomic E-state index is -0.319. The highest BCUT2D eigenvalue weighted by atomic mass is 16.1. The third-order valence-corrected chi connectivity index (χ3v) is 7.08. The lowest BCUT2D eigenvalue weighted by Gasteiger charge is -2.30. The fourth-order valence-corrected chi connectivity index (χ4v) is 4.77. The molecule has 0 saturated heterocycles. The van der Waals surface area contributed by atoms with E-state index in [9.17, 15) is 4.79 Å². The lowest BCUT2D eigenvalue weighted by molar-refractivity contribution is -0.112. The standard InChI is InChI=1S/C30H34N2O/c1-4-21-20-27(16-17-28(21)30(31,5-2)6-3)32-29(33)25-15-13-23-12-14-24(18-26(23)19-25)22-10-8-7-9-11-22/h7-12,14,16-20H,4-6,13,15,31H2,1-3H3,(H,32,33). The maximum atomic E-state index is 13.1. The van der Waals surface area contributed by atoms with Gasteiger partial charge < -0.3 is 11.1 Å². The van der Waals surface area contributed by atoms with Crippen LogP contribution in [0.25, 0.3) is 17.2 Å². The second-order valence-corrected chi connectivity index (χ2v) is 8.99. The number of rotatable bonds is 7. The maximum Gasteiger partial charge on any atom is 0.251 e. The Morgan fingerprint density at radius 3 is 2.36 bits per heavy atom. The molecule has 3 N–H and O–H groups in total. The first kappa shape index (κ1) is 23.0. The first-order chi connectivity index (χ1) is 16.0. The first-order valence-corrected chi connectivity index (χ1v) is 12.1. The Morgan fingerprint density at radius 1 is 0.909 bits per heavy atom. The van der Waals surface area contributed by atoms with E-state index in [2.05, 4.69) is 86.8 Å². The summed E-state index contributed by atoms with van der Waals surface area (Å²) in [5.41, 5.74) is 15.2. The van der Waals surface area contributed by atoms with Crippen LogP contribution in [0.15, 0.2) is 72.3 Å². The zero-order valence-electron chi connectivity index (χ0n) is 19.9. The van der Waals surface area contributed by atoms with Crippen molar-refractivity contribution in [1.82, 2.24) is 0 Å². The maximum absolute atomic E-state index is 13.1. The average molecular weight is 439 g/mol. The molecule has 3 heteroatoms. The summed E-state index contributed by atoms with van der Waals surface area (Å²) in [4.78, 5) is 13.1. The molecule has 4 rings (SSSR count). The molecule has 0 aromatic heterocycles. The molecule has 1 aliphatic rings. The third-order valence-electron chi connectivity index (χ3n) is 7.08. The number of hydrogen-bond donors (Lipinski definition) is 2. The van der Waals surface area contributed by atoms with Crippen LogP contribution in [0.3, 0.4) is 0 Å². The summed E-state index contributed by atoms with van der Waals surface area (Å²) in [5, 5.41) is 3.13. The molecule has 170 valence electrons. The molecule has 1 amide bonds. The Kier molecular flexibility index (Phi) is 6.80. The molecule has 0 unspecified atom stereocenters. The van der Waals surface area contributed by atoms with Gasteiger partial charge in [-0.25, -0.2) is 0 Å². The van der Waals surface area contributed by atoms with Crippen LogP contribution >= 0.6 is 0 Å². The zero-order chi connectivity index (χ0) is 23.4. The monoisotopic (exact) mass is 438 g/mol. The van der Waals surface area contributed by atoms with Crippen LogP contribution in [-0.4, -0.2) is 5.91 Å². The van der Waals surface area contributed by atoms with Crippen molar-refractivity contribution in [2.75, 3.05) is 5.32 Å². The Labute approximate surface area is 197 Å². The van der Waals surface area contributed by atoms with Crippen molar-refractivity contribution in [2.45, 2.75) is 58.4 Å². The molecule has 3 aromatic carbocycles. The minimum Gasteiger partial charge on any atom is -0.322 e. The van der Waals surface area contributed by atoms with Crippen molar-refractivity contribution in [3.63, 3.8) is 0 Å². The summed E-state index contributed by atoms with van der Waals surface area (Å²) >= 11 is 0. The lowest BCUT2D eigenvalue weighted by Crippen LogP contribution is -2.36. The van der Waals surface area contributed by atoms with Crippen LogP contribution in [0.1, 0.15) is 62.3 Å². The van der Waals surface area contributed by atoms with E-state index in [1.807, 2.05) is 12.1 Å². The van der Waals surface area contributed by atoms with Gasteiger partial charge in [0.1, 0.15) is 0 Å².